The van der Waals surface area contributed by atoms with E-state index in [0.29, 0.717) is 12.1 Å². The molecule has 3 atom stereocenters. The van der Waals surface area contributed by atoms with Gasteiger partial charge in [0.15, 0.2) is 0 Å². The Hall–Kier alpha value is -2.27. The smallest absolute Gasteiger partial charge is 0.236 e. The van der Waals surface area contributed by atoms with E-state index in [0.717, 1.165) is 11.6 Å². The third kappa shape index (κ3) is 5.36. The maximum Gasteiger partial charge on any atom is 0.236 e. The Labute approximate surface area is 147 Å². The van der Waals surface area contributed by atoms with Gasteiger partial charge in [0.2, 0.25) is 5.91 Å². The largest absolute Gasteiger partial charge is 0.354 e. The molecule has 134 valence electrons. The molecule has 0 radical (unpaired) electrons. The standard InChI is InChI=1S/C20H24F2N2O/c1-13(16-7-5-4-6-8-16)12-23-20(25)15(3)24-14(2)18-10-9-17(21)11-19(18)22/h4-11,13-15,24H,12H2,1-3H3,(H,23,25). The number of carbonyl (C=O) groups is 1. The molecule has 3 nitrogen and oxygen atoms in total. The molecule has 0 aromatic heterocycles. The van der Waals surface area contributed by atoms with Crippen LogP contribution in [0.2, 0.25) is 0 Å². The molecule has 0 saturated carbocycles. The summed E-state index contributed by atoms with van der Waals surface area (Å²) < 4.78 is 26.8. The highest BCUT2D eigenvalue weighted by Gasteiger charge is 2.19. The number of carbonyl (C=O) groups excluding carboxylic acids is 1. The topological polar surface area (TPSA) is 41.1 Å². The predicted octanol–water partition coefficient (Wildman–Crippen LogP) is 3.92. The van der Waals surface area contributed by atoms with E-state index in [1.807, 2.05) is 37.3 Å². The summed E-state index contributed by atoms with van der Waals surface area (Å²) in [6.45, 7) is 6.03. The summed E-state index contributed by atoms with van der Waals surface area (Å²) in [4.78, 5) is 12.3. The van der Waals surface area contributed by atoms with Crippen molar-refractivity contribution in [1.82, 2.24) is 10.6 Å². The minimum absolute atomic E-state index is 0.155. The second-order valence-corrected chi connectivity index (χ2v) is 6.33. The van der Waals surface area contributed by atoms with Crippen molar-refractivity contribution in [2.24, 2.45) is 0 Å². The summed E-state index contributed by atoms with van der Waals surface area (Å²) in [6, 6.07) is 12.5. The third-order valence-electron chi connectivity index (χ3n) is 4.27. The first-order valence-corrected chi connectivity index (χ1v) is 8.42. The normalized spacial score (nSPS) is 14.6. The lowest BCUT2D eigenvalue weighted by atomic mass is 10.0. The fourth-order valence-corrected chi connectivity index (χ4v) is 2.70. The summed E-state index contributed by atoms with van der Waals surface area (Å²) in [6.07, 6.45) is 0. The second kappa shape index (κ2) is 8.72. The van der Waals surface area contributed by atoms with E-state index in [-0.39, 0.29) is 11.8 Å². The first-order chi connectivity index (χ1) is 11.9. The molecule has 0 heterocycles. The van der Waals surface area contributed by atoms with Crippen molar-refractivity contribution in [1.29, 1.82) is 0 Å². The molecule has 3 unspecified atom stereocenters. The van der Waals surface area contributed by atoms with E-state index in [9.17, 15) is 13.6 Å². The van der Waals surface area contributed by atoms with Crippen LogP contribution in [0.4, 0.5) is 8.78 Å². The first-order valence-electron chi connectivity index (χ1n) is 8.42. The van der Waals surface area contributed by atoms with Crippen molar-refractivity contribution in [2.75, 3.05) is 6.54 Å². The maximum atomic E-state index is 13.8. The van der Waals surface area contributed by atoms with E-state index >= 15 is 0 Å². The monoisotopic (exact) mass is 346 g/mol. The van der Waals surface area contributed by atoms with E-state index in [4.69, 9.17) is 0 Å². The number of halogens is 2. The molecule has 2 N–H and O–H groups in total. The molecule has 1 amide bonds. The molecule has 0 aliphatic rings. The molecule has 0 saturated heterocycles. The van der Waals surface area contributed by atoms with E-state index in [1.165, 1.54) is 12.1 Å². The van der Waals surface area contributed by atoms with Gasteiger partial charge in [-0.3, -0.25) is 10.1 Å². The summed E-state index contributed by atoms with van der Waals surface area (Å²) >= 11 is 0. The molecule has 0 aliphatic carbocycles. The van der Waals surface area contributed by atoms with Gasteiger partial charge in [0.05, 0.1) is 6.04 Å². The second-order valence-electron chi connectivity index (χ2n) is 6.33. The van der Waals surface area contributed by atoms with Gasteiger partial charge in [0, 0.05) is 24.2 Å². The van der Waals surface area contributed by atoms with Gasteiger partial charge in [-0.25, -0.2) is 8.78 Å². The molecular weight excluding hydrogens is 322 g/mol. The van der Waals surface area contributed by atoms with Crippen LogP contribution in [0.5, 0.6) is 0 Å². The SMILES string of the molecule is CC(NC(C)c1ccc(F)cc1F)C(=O)NCC(C)c1ccccc1. The first kappa shape index (κ1) is 19.1. The highest BCUT2D eigenvalue weighted by atomic mass is 19.1. The van der Waals surface area contributed by atoms with Gasteiger partial charge in [0.1, 0.15) is 11.6 Å². The Bertz CT molecular complexity index is 706. The van der Waals surface area contributed by atoms with Gasteiger partial charge in [-0.2, -0.15) is 0 Å². The maximum absolute atomic E-state index is 13.8. The number of rotatable bonds is 7. The number of amides is 1. The molecule has 25 heavy (non-hydrogen) atoms. The number of hydrogen-bond acceptors (Lipinski definition) is 2. The zero-order valence-electron chi connectivity index (χ0n) is 14.7. The zero-order chi connectivity index (χ0) is 18.4. The van der Waals surface area contributed by atoms with Gasteiger partial charge in [-0.1, -0.05) is 43.3 Å². The van der Waals surface area contributed by atoms with Crippen LogP contribution in [0.15, 0.2) is 48.5 Å². The van der Waals surface area contributed by atoms with Crippen LogP contribution in [-0.4, -0.2) is 18.5 Å². The zero-order valence-corrected chi connectivity index (χ0v) is 14.7. The minimum atomic E-state index is -0.620. The molecule has 2 aromatic carbocycles. The average Bonchev–Trinajstić information content (AvgIpc) is 2.59. The summed E-state index contributed by atoms with van der Waals surface area (Å²) in [5, 5.41) is 5.95. The van der Waals surface area contributed by atoms with Crippen LogP contribution in [0, 0.1) is 11.6 Å². The molecule has 0 spiro atoms. The summed E-state index contributed by atoms with van der Waals surface area (Å²) in [5.41, 5.74) is 1.49. The molecule has 0 fully saturated rings. The highest BCUT2D eigenvalue weighted by molar-refractivity contribution is 5.81. The Kier molecular flexibility index (Phi) is 6.65. The van der Waals surface area contributed by atoms with Crippen molar-refractivity contribution >= 4 is 5.91 Å². The van der Waals surface area contributed by atoms with Crippen molar-refractivity contribution in [3.8, 4) is 0 Å². The van der Waals surface area contributed by atoms with Crippen molar-refractivity contribution in [3.05, 3.63) is 71.3 Å². The van der Waals surface area contributed by atoms with Crippen LogP contribution >= 0.6 is 0 Å². The summed E-state index contributed by atoms with van der Waals surface area (Å²) in [7, 11) is 0. The lowest BCUT2D eigenvalue weighted by Gasteiger charge is -2.21. The van der Waals surface area contributed by atoms with Crippen molar-refractivity contribution in [2.45, 2.75) is 38.8 Å². The van der Waals surface area contributed by atoms with Gasteiger partial charge >= 0.3 is 0 Å². The van der Waals surface area contributed by atoms with Gasteiger partial charge < -0.3 is 5.32 Å². The quantitative estimate of drug-likeness (QED) is 0.798. The number of nitrogens with one attached hydrogen (secondary N) is 2. The minimum Gasteiger partial charge on any atom is -0.354 e. The fraction of sp³-hybridized carbons (Fsp3) is 0.350. The Morgan fingerprint density at radius 3 is 2.36 bits per heavy atom. The summed E-state index contributed by atoms with van der Waals surface area (Å²) in [5.74, 6) is -1.19. The van der Waals surface area contributed by atoms with Gasteiger partial charge in [-0.15, -0.1) is 0 Å². The average molecular weight is 346 g/mol. The highest BCUT2D eigenvalue weighted by Crippen LogP contribution is 2.18. The van der Waals surface area contributed by atoms with Crippen molar-refractivity contribution < 1.29 is 13.6 Å². The van der Waals surface area contributed by atoms with Crippen LogP contribution in [0.3, 0.4) is 0 Å². The van der Waals surface area contributed by atoms with E-state index in [2.05, 4.69) is 10.6 Å². The van der Waals surface area contributed by atoms with Crippen LogP contribution in [0.1, 0.15) is 43.9 Å². The Balaban J connectivity index is 1.87. The molecule has 2 rings (SSSR count). The van der Waals surface area contributed by atoms with Crippen LogP contribution in [0.25, 0.3) is 0 Å². The van der Waals surface area contributed by atoms with Gasteiger partial charge in [-0.05, 0) is 31.4 Å². The predicted molar refractivity (Wildman–Crippen MR) is 95.2 cm³/mol. The Morgan fingerprint density at radius 1 is 1.04 bits per heavy atom. The lowest BCUT2D eigenvalue weighted by molar-refractivity contribution is -0.123. The number of hydrogen-bond donors (Lipinski definition) is 2. The third-order valence-corrected chi connectivity index (χ3v) is 4.27. The fourth-order valence-electron chi connectivity index (χ4n) is 2.70. The van der Waals surface area contributed by atoms with E-state index in [1.54, 1.807) is 13.8 Å². The number of benzene rings is 2. The molecular formula is C20H24F2N2O. The van der Waals surface area contributed by atoms with Crippen LogP contribution < -0.4 is 10.6 Å². The Morgan fingerprint density at radius 2 is 1.72 bits per heavy atom. The van der Waals surface area contributed by atoms with Gasteiger partial charge in [0.25, 0.3) is 0 Å². The molecule has 0 bridgehead atoms. The van der Waals surface area contributed by atoms with E-state index < -0.39 is 23.7 Å². The molecule has 2 aromatic rings. The lowest BCUT2D eigenvalue weighted by Crippen LogP contribution is -2.44. The van der Waals surface area contributed by atoms with Crippen molar-refractivity contribution in [3.63, 3.8) is 0 Å². The molecule has 0 aliphatic heterocycles. The molecule has 5 heteroatoms. The van der Waals surface area contributed by atoms with Crippen LogP contribution in [-0.2, 0) is 4.79 Å².